The summed E-state index contributed by atoms with van der Waals surface area (Å²) in [6.07, 6.45) is 0. The fraction of sp³-hybridized carbons (Fsp3) is 0. The number of rotatable bonds is 2. The van der Waals surface area contributed by atoms with E-state index in [9.17, 15) is 4.79 Å². The molecule has 0 amide bonds. The van der Waals surface area contributed by atoms with E-state index in [1.165, 1.54) is 0 Å². The maximum absolute atomic E-state index is 11.9. The molecule has 1 aliphatic heterocycles. The third-order valence-corrected chi connectivity index (χ3v) is 4.21. The normalized spacial score (nSPS) is 11.0. The molecule has 2 radical (unpaired) electrons. The Kier molecular flexibility index (Phi) is 3.43. The SMILES string of the molecule is [B]C(=O)c1ccccc1-c1c2ccc(=N)cc-2oc2cc(N)ccc12. The molecule has 1 aliphatic carbocycles. The molecule has 0 atom stereocenters. The number of anilines is 1. The summed E-state index contributed by atoms with van der Waals surface area (Å²) < 4.78 is 5.95. The molecule has 5 heteroatoms. The highest BCUT2D eigenvalue weighted by atomic mass is 16.3. The van der Waals surface area contributed by atoms with Crippen molar-refractivity contribution in [1.82, 2.24) is 0 Å². The molecule has 0 saturated carbocycles. The van der Waals surface area contributed by atoms with Crippen LogP contribution < -0.4 is 11.1 Å². The molecule has 2 aromatic rings. The number of hydrogen-bond donors (Lipinski definition) is 2. The van der Waals surface area contributed by atoms with Crippen LogP contribution in [0.15, 0.2) is 65.1 Å². The van der Waals surface area contributed by atoms with Gasteiger partial charge < -0.3 is 20.4 Å². The highest BCUT2D eigenvalue weighted by Gasteiger charge is 2.19. The van der Waals surface area contributed by atoms with Gasteiger partial charge in [0.25, 0.3) is 0 Å². The molecule has 0 spiro atoms. The van der Waals surface area contributed by atoms with Crippen molar-refractivity contribution >= 4 is 30.2 Å². The van der Waals surface area contributed by atoms with Gasteiger partial charge in [0, 0.05) is 39.9 Å². The van der Waals surface area contributed by atoms with Gasteiger partial charge in [0.2, 0.25) is 0 Å². The third-order valence-electron chi connectivity index (χ3n) is 4.21. The number of hydrogen-bond acceptors (Lipinski definition) is 4. The molecule has 0 bridgehead atoms. The van der Waals surface area contributed by atoms with Gasteiger partial charge in [-0.15, -0.1) is 0 Å². The molecule has 0 fully saturated rings. The molecular weight excluding hydrogens is 311 g/mol. The van der Waals surface area contributed by atoms with Gasteiger partial charge in [-0.3, -0.25) is 0 Å². The van der Waals surface area contributed by atoms with E-state index < -0.39 is 5.68 Å². The first-order valence-electron chi connectivity index (χ1n) is 7.74. The molecule has 1 heterocycles. The molecule has 0 saturated heterocycles. The van der Waals surface area contributed by atoms with Gasteiger partial charge in [0.1, 0.15) is 17.0 Å². The van der Waals surface area contributed by atoms with E-state index in [2.05, 4.69) is 0 Å². The second-order valence-corrected chi connectivity index (χ2v) is 5.85. The lowest BCUT2D eigenvalue weighted by Crippen LogP contribution is -2.04. The van der Waals surface area contributed by atoms with Crippen LogP contribution in [-0.2, 0) is 0 Å². The minimum Gasteiger partial charge on any atom is -0.456 e. The summed E-state index contributed by atoms with van der Waals surface area (Å²) in [7, 11) is 5.58. The van der Waals surface area contributed by atoms with E-state index in [0.717, 1.165) is 22.1 Å². The molecule has 0 unspecified atom stereocenters. The van der Waals surface area contributed by atoms with Gasteiger partial charge in [-0.05, 0) is 29.8 Å². The standard InChI is InChI=1S/C20H13BN2O2/c21-20(24)14-4-2-1-3-13(14)19-15-7-5-11(22)9-17(15)25-18-10-12(23)6-8-16(18)19/h1-10,22H,23H2. The van der Waals surface area contributed by atoms with Crippen LogP contribution in [0.2, 0.25) is 0 Å². The van der Waals surface area contributed by atoms with Crippen molar-refractivity contribution < 1.29 is 9.21 Å². The van der Waals surface area contributed by atoms with Crippen molar-refractivity contribution in [1.29, 1.82) is 5.41 Å². The number of nitrogen functional groups attached to an aromatic ring is 1. The molecule has 118 valence electrons. The zero-order chi connectivity index (χ0) is 17.6. The summed E-state index contributed by atoms with van der Waals surface area (Å²) in [5.74, 6) is 0.555. The molecule has 2 aromatic carbocycles. The Morgan fingerprint density at radius 2 is 1.80 bits per heavy atom. The highest BCUT2D eigenvalue weighted by molar-refractivity contribution is 6.63. The number of benzene rings is 3. The van der Waals surface area contributed by atoms with Crippen molar-refractivity contribution in [2.75, 3.05) is 5.73 Å². The van der Waals surface area contributed by atoms with Crippen LogP contribution in [0.5, 0.6) is 0 Å². The van der Waals surface area contributed by atoms with Gasteiger partial charge in [-0.2, -0.15) is 0 Å². The van der Waals surface area contributed by atoms with Crippen molar-refractivity contribution in [2.24, 2.45) is 0 Å². The maximum Gasteiger partial charge on any atom is 0.175 e. The predicted octanol–water partition coefficient (Wildman–Crippen LogP) is 3.57. The van der Waals surface area contributed by atoms with Crippen molar-refractivity contribution in [3.8, 4) is 22.5 Å². The summed E-state index contributed by atoms with van der Waals surface area (Å²) in [4.78, 5) is 11.9. The van der Waals surface area contributed by atoms with E-state index >= 15 is 0 Å². The summed E-state index contributed by atoms with van der Waals surface area (Å²) in [6.45, 7) is 0. The largest absolute Gasteiger partial charge is 0.456 e. The average Bonchev–Trinajstić information content (AvgIpc) is 2.59. The Morgan fingerprint density at radius 3 is 2.60 bits per heavy atom. The summed E-state index contributed by atoms with van der Waals surface area (Å²) in [5.41, 5.74) is 9.37. The van der Waals surface area contributed by atoms with E-state index in [0.29, 0.717) is 28.0 Å². The number of nitrogens with two attached hydrogens (primary N) is 1. The fourth-order valence-electron chi connectivity index (χ4n) is 3.11. The molecule has 4 rings (SSSR count). The third kappa shape index (κ3) is 2.50. The fourth-order valence-corrected chi connectivity index (χ4v) is 3.11. The van der Waals surface area contributed by atoms with Crippen LogP contribution in [0.3, 0.4) is 0 Å². The Bertz CT molecular complexity index is 1160. The molecule has 4 nitrogen and oxygen atoms in total. The Hall–Kier alpha value is -3.34. The van der Waals surface area contributed by atoms with Gasteiger partial charge in [-0.1, -0.05) is 24.3 Å². The lowest BCUT2D eigenvalue weighted by Gasteiger charge is -2.17. The number of carbonyl (C=O) groups is 1. The van der Waals surface area contributed by atoms with Gasteiger partial charge in [0.05, 0.1) is 5.36 Å². The van der Waals surface area contributed by atoms with Crippen LogP contribution in [0.1, 0.15) is 10.4 Å². The highest BCUT2D eigenvalue weighted by Crippen LogP contribution is 2.41. The topological polar surface area (TPSA) is 80.1 Å². The van der Waals surface area contributed by atoms with Gasteiger partial charge >= 0.3 is 0 Å². The monoisotopic (exact) mass is 324 g/mol. The first kappa shape index (κ1) is 15.2. The minimum absolute atomic E-state index is 0.341. The summed E-state index contributed by atoms with van der Waals surface area (Å²) in [6, 6.07) is 17.8. The molecule has 0 aromatic heterocycles. The molecule has 2 aliphatic rings. The quantitative estimate of drug-likeness (QED) is 0.336. The number of nitrogens with one attached hydrogen (secondary N) is 1. The molecule has 3 N–H and O–H groups in total. The zero-order valence-electron chi connectivity index (χ0n) is 13.2. The van der Waals surface area contributed by atoms with E-state index in [-0.39, 0.29) is 0 Å². The van der Waals surface area contributed by atoms with Crippen molar-refractivity contribution in [2.45, 2.75) is 0 Å². The summed E-state index contributed by atoms with van der Waals surface area (Å²) in [5, 5.41) is 9.02. The van der Waals surface area contributed by atoms with Crippen molar-refractivity contribution in [3.05, 3.63) is 71.6 Å². The van der Waals surface area contributed by atoms with Crippen LogP contribution >= 0.6 is 0 Å². The zero-order valence-corrected chi connectivity index (χ0v) is 13.2. The Labute approximate surface area is 145 Å². The first-order valence-corrected chi connectivity index (χ1v) is 7.74. The minimum atomic E-state index is -0.495. The molecule has 25 heavy (non-hydrogen) atoms. The Morgan fingerprint density at radius 1 is 1.00 bits per heavy atom. The van der Waals surface area contributed by atoms with Crippen LogP contribution in [-0.4, -0.2) is 13.5 Å². The van der Waals surface area contributed by atoms with E-state index in [1.807, 2.05) is 24.3 Å². The molecular formula is C20H13BN2O2. The lowest BCUT2D eigenvalue weighted by atomic mass is 9.85. The van der Waals surface area contributed by atoms with E-state index in [1.54, 1.807) is 36.4 Å². The first-order chi connectivity index (χ1) is 12.0. The number of carbonyl (C=O) groups excluding carboxylic acids is 1. The van der Waals surface area contributed by atoms with Crippen molar-refractivity contribution in [3.63, 3.8) is 0 Å². The van der Waals surface area contributed by atoms with Crippen LogP contribution in [0, 0.1) is 5.41 Å². The summed E-state index contributed by atoms with van der Waals surface area (Å²) >= 11 is 0. The van der Waals surface area contributed by atoms with Crippen LogP contribution in [0.25, 0.3) is 33.4 Å². The second-order valence-electron chi connectivity index (χ2n) is 5.85. The van der Waals surface area contributed by atoms with Gasteiger partial charge in [-0.25, -0.2) is 0 Å². The second kappa shape index (κ2) is 5.63. The number of fused-ring (bicyclic) bond motifs is 2. The average molecular weight is 324 g/mol. The van der Waals surface area contributed by atoms with Gasteiger partial charge in [0.15, 0.2) is 7.85 Å². The lowest BCUT2D eigenvalue weighted by molar-refractivity contribution is 0.108. The smallest absolute Gasteiger partial charge is 0.175 e. The van der Waals surface area contributed by atoms with E-state index in [4.69, 9.17) is 23.4 Å². The predicted molar refractivity (Wildman–Crippen MR) is 98.6 cm³/mol. The van der Waals surface area contributed by atoms with Crippen LogP contribution in [0.4, 0.5) is 5.69 Å². The Balaban J connectivity index is 2.22. The maximum atomic E-state index is 11.9.